The van der Waals surface area contributed by atoms with Gasteiger partial charge in [0.25, 0.3) is 0 Å². The van der Waals surface area contributed by atoms with Crippen LogP contribution in [0.4, 0.5) is 0 Å². The maximum absolute atomic E-state index is 10.6. The highest BCUT2D eigenvalue weighted by molar-refractivity contribution is 5.69. The predicted octanol–water partition coefficient (Wildman–Crippen LogP) is 1.38. The van der Waals surface area contributed by atoms with Crippen LogP contribution >= 0.6 is 0 Å². The van der Waals surface area contributed by atoms with E-state index in [-0.39, 0.29) is 6.54 Å². The van der Waals surface area contributed by atoms with E-state index in [9.17, 15) is 4.79 Å². The molecule has 1 aromatic rings. The molecule has 0 bridgehead atoms. The molecule has 0 atom stereocenters. The standard InChI is InChI=1S/C11H16N2O2/c1-2-6-13(9-11(14)15)8-10-4-3-5-12-7-10/h3-5,7H,2,6,8-9H2,1H3,(H,14,15). The normalized spacial score (nSPS) is 10.5. The molecule has 0 radical (unpaired) electrons. The molecule has 1 aromatic heterocycles. The smallest absolute Gasteiger partial charge is 0.317 e. The third-order valence-electron chi connectivity index (χ3n) is 2.03. The summed E-state index contributed by atoms with van der Waals surface area (Å²) in [5, 5.41) is 8.73. The highest BCUT2D eigenvalue weighted by Gasteiger charge is 2.08. The van der Waals surface area contributed by atoms with Crippen LogP contribution in [-0.4, -0.2) is 34.0 Å². The van der Waals surface area contributed by atoms with Crippen LogP contribution in [0, 0.1) is 0 Å². The first kappa shape index (κ1) is 11.7. The van der Waals surface area contributed by atoms with E-state index in [1.165, 1.54) is 0 Å². The number of hydrogen-bond acceptors (Lipinski definition) is 3. The molecule has 1 heterocycles. The molecule has 0 unspecified atom stereocenters. The van der Waals surface area contributed by atoms with Crippen molar-refractivity contribution in [3.63, 3.8) is 0 Å². The predicted molar refractivity (Wildman–Crippen MR) is 57.4 cm³/mol. The lowest BCUT2D eigenvalue weighted by Gasteiger charge is -2.18. The molecular weight excluding hydrogens is 192 g/mol. The monoisotopic (exact) mass is 208 g/mol. The third kappa shape index (κ3) is 4.56. The highest BCUT2D eigenvalue weighted by Crippen LogP contribution is 2.03. The van der Waals surface area contributed by atoms with Crippen molar-refractivity contribution in [2.24, 2.45) is 0 Å². The number of nitrogens with zero attached hydrogens (tertiary/aromatic N) is 2. The van der Waals surface area contributed by atoms with Crippen LogP contribution in [0.2, 0.25) is 0 Å². The van der Waals surface area contributed by atoms with Crippen LogP contribution in [0.1, 0.15) is 18.9 Å². The molecule has 0 aromatic carbocycles. The molecule has 0 aliphatic carbocycles. The van der Waals surface area contributed by atoms with E-state index in [1.54, 1.807) is 12.4 Å². The van der Waals surface area contributed by atoms with Crippen LogP contribution in [0.15, 0.2) is 24.5 Å². The van der Waals surface area contributed by atoms with Gasteiger partial charge >= 0.3 is 5.97 Å². The van der Waals surface area contributed by atoms with Gasteiger partial charge in [0, 0.05) is 18.9 Å². The van der Waals surface area contributed by atoms with Crippen molar-refractivity contribution in [3.8, 4) is 0 Å². The molecule has 4 nitrogen and oxygen atoms in total. The van der Waals surface area contributed by atoms with Gasteiger partial charge in [-0.25, -0.2) is 0 Å². The molecule has 1 rings (SSSR count). The van der Waals surface area contributed by atoms with Gasteiger partial charge < -0.3 is 5.11 Å². The van der Waals surface area contributed by atoms with E-state index in [0.717, 1.165) is 18.5 Å². The number of hydrogen-bond donors (Lipinski definition) is 1. The number of carbonyl (C=O) groups is 1. The van der Waals surface area contributed by atoms with Crippen LogP contribution < -0.4 is 0 Å². The quantitative estimate of drug-likeness (QED) is 0.767. The fourth-order valence-electron chi connectivity index (χ4n) is 1.47. The SMILES string of the molecule is CCCN(CC(=O)O)Cc1cccnc1. The van der Waals surface area contributed by atoms with Crippen molar-refractivity contribution in [1.82, 2.24) is 9.88 Å². The van der Waals surface area contributed by atoms with Gasteiger partial charge in [0.2, 0.25) is 0 Å². The molecule has 0 spiro atoms. The van der Waals surface area contributed by atoms with Crippen molar-refractivity contribution in [2.45, 2.75) is 19.9 Å². The Hall–Kier alpha value is -1.42. The Morgan fingerprint density at radius 3 is 2.93 bits per heavy atom. The van der Waals surface area contributed by atoms with E-state index in [1.807, 2.05) is 24.0 Å². The summed E-state index contributed by atoms with van der Waals surface area (Å²) in [7, 11) is 0. The second-order valence-electron chi connectivity index (χ2n) is 3.47. The van der Waals surface area contributed by atoms with Gasteiger partial charge in [-0.1, -0.05) is 13.0 Å². The lowest BCUT2D eigenvalue weighted by atomic mass is 10.2. The van der Waals surface area contributed by atoms with Crippen LogP contribution in [0.25, 0.3) is 0 Å². The zero-order chi connectivity index (χ0) is 11.1. The Bertz CT molecular complexity index is 301. The molecule has 0 fully saturated rings. The number of rotatable bonds is 6. The summed E-state index contributed by atoms with van der Waals surface area (Å²) in [6.45, 7) is 3.57. The molecule has 15 heavy (non-hydrogen) atoms. The van der Waals surface area contributed by atoms with Crippen molar-refractivity contribution in [2.75, 3.05) is 13.1 Å². The number of pyridine rings is 1. The van der Waals surface area contributed by atoms with Gasteiger partial charge in [-0.2, -0.15) is 0 Å². The van der Waals surface area contributed by atoms with E-state index < -0.39 is 5.97 Å². The molecular formula is C11H16N2O2. The van der Waals surface area contributed by atoms with E-state index in [4.69, 9.17) is 5.11 Å². The third-order valence-corrected chi connectivity index (χ3v) is 2.03. The molecule has 0 amide bonds. The van der Waals surface area contributed by atoms with E-state index in [2.05, 4.69) is 4.98 Å². The number of carboxylic acids is 1. The van der Waals surface area contributed by atoms with Crippen molar-refractivity contribution in [3.05, 3.63) is 30.1 Å². The summed E-state index contributed by atoms with van der Waals surface area (Å²) in [6, 6.07) is 3.82. The number of aromatic nitrogens is 1. The van der Waals surface area contributed by atoms with E-state index in [0.29, 0.717) is 6.54 Å². The van der Waals surface area contributed by atoms with Crippen LogP contribution in [0.5, 0.6) is 0 Å². The average molecular weight is 208 g/mol. The molecule has 1 N–H and O–H groups in total. The van der Waals surface area contributed by atoms with Gasteiger partial charge in [-0.05, 0) is 24.6 Å². The minimum absolute atomic E-state index is 0.0860. The van der Waals surface area contributed by atoms with Crippen molar-refractivity contribution < 1.29 is 9.90 Å². The van der Waals surface area contributed by atoms with E-state index >= 15 is 0 Å². The maximum atomic E-state index is 10.6. The Labute approximate surface area is 89.6 Å². The number of aliphatic carboxylic acids is 1. The van der Waals surface area contributed by atoms with Gasteiger partial charge in [0.1, 0.15) is 0 Å². The van der Waals surface area contributed by atoms with Crippen LogP contribution in [-0.2, 0) is 11.3 Å². The summed E-state index contributed by atoms with van der Waals surface area (Å²) in [4.78, 5) is 16.5. The second-order valence-corrected chi connectivity index (χ2v) is 3.47. The molecule has 82 valence electrons. The summed E-state index contributed by atoms with van der Waals surface area (Å²) in [6.07, 6.45) is 4.43. The zero-order valence-corrected chi connectivity index (χ0v) is 8.89. The minimum Gasteiger partial charge on any atom is -0.480 e. The minimum atomic E-state index is -0.785. The Morgan fingerprint density at radius 2 is 2.40 bits per heavy atom. The topological polar surface area (TPSA) is 53.4 Å². The summed E-state index contributed by atoms with van der Waals surface area (Å²) in [5.74, 6) is -0.785. The average Bonchev–Trinajstić information content (AvgIpc) is 2.18. The van der Waals surface area contributed by atoms with Crippen molar-refractivity contribution in [1.29, 1.82) is 0 Å². The fourth-order valence-corrected chi connectivity index (χ4v) is 1.47. The lowest BCUT2D eigenvalue weighted by molar-refractivity contribution is -0.138. The summed E-state index contributed by atoms with van der Waals surface area (Å²) < 4.78 is 0. The second kappa shape index (κ2) is 6.14. The van der Waals surface area contributed by atoms with Gasteiger partial charge in [0.05, 0.1) is 6.54 Å². The molecule has 4 heteroatoms. The van der Waals surface area contributed by atoms with Gasteiger partial charge in [0.15, 0.2) is 0 Å². The number of carboxylic acid groups (broad SMARTS) is 1. The largest absolute Gasteiger partial charge is 0.480 e. The Morgan fingerprint density at radius 1 is 1.60 bits per heavy atom. The molecule has 0 aliphatic heterocycles. The molecule has 0 saturated heterocycles. The highest BCUT2D eigenvalue weighted by atomic mass is 16.4. The van der Waals surface area contributed by atoms with Crippen LogP contribution in [0.3, 0.4) is 0 Å². The maximum Gasteiger partial charge on any atom is 0.317 e. The zero-order valence-electron chi connectivity index (χ0n) is 8.89. The van der Waals surface area contributed by atoms with Gasteiger partial charge in [-0.15, -0.1) is 0 Å². The fraction of sp³-hybridized carbons (Fsp3) is 0.455. The molecule has 0 saturated carbocycles. The van der Waals surface area contributed by atoms with Gasteiger partial charge in [-0.3, -0.25) is 14.7 Å². The first-order chi connectivity index (χ1) is 7.22. The first-order valence-electron chi connectivity index (χ1n) is 5.05. The Kier molecular flexibility index (Phi) is 4.77. The first-order valence-corrected chi connectivity index (χ1v) is 5.05. The summed E-state index contributed by atoms with van der Waals surface area (Å²) in [5.41, 5.74) is 1.05. The molecule has 0 aliphatic rings. The van der Waals surface area contributed by atoms with Crippen molar-refractivity contribution >= 4 is 5.97 Å². The Balaban J connectivity index is 2.54. The lowest BCUT2D eigenvalue weighted by Crippen LogP contribution is -2.30. The summed E-state index contributed by atoms with van der Waals surface area (Å²) >= 11 is 0.